The lowest BCUT2D eigenvalue weighted by atomic mass is 9.96. The van der Waals surface area contributed by atoms with Crippen LogP contribution in [0.5, 0.6) is 0 Å². The van der Waals surface area contributed by atoms with Crippen LogP contribution in [0.4, 0.5) is 4.79 Å². The number of carbonyl (C=O) groups is 3. The Morgan fingerprint density at radius 1 is 1.23 bits per heavy atom. The van der Waals surface area contributed by atoms with E-state index in [1.165, 1.54) is 0 Å². The second-order valence-electron chi connectivity index (χ2n) is 6.92. The first kappa shape index (κ1) is 16.6. The molecule has 2 heterocycles. The summed E-state index contributed by atoms with van der Waals surface area (Å²) < 4.78 is 5.36. The van der Waals surface area contributed by atoms with Crippen molar-refractivity contribution in [2.24, 2.45) is 5.92 Å². The minimum atomic E-state index is -0.516. The van der Waals surface area contributed by atoms with Gasteiger partial charge in [0.25, 0.3) is 0 Å². The lowest BCUT2D eigenvalue weighted by Gasteiger charge is -2.36. The zero-order chi connectivity index (χ0) is 16.3. The molecule has 124 valence electrons. The fourth-order valence-electron chi connectivity index (χ4n) is 2.74. The molecule has 0 spiro atoms. The van der Waals surface area contributed by atoms with Crippen molar-refractivity contribution >= 4 is 17.9 Å². The Bertz CT molecular complexity index is 450. The lowest BCUT2D eigenvalue weighted by molar-refractivity contribution is -0.148. The number of nitrogens with zero attached hydrogens (tertiary/aromatic N) is 2. The minimum Gasteiger partial charge on any atom is -0.444 e. The van der Waals surface area contributed by atoms with Gasteiger partial charge < -0.3 is 19.9 Å². The molecule has 7 heteroatoms. The predicted molar refractivity (Wildman–Crippen MR) is 80.1 cm³/mol. The first-order valence-electron chi connectivity index (χ1n) is 7.81. The number of piperazine rings is 1. The van der Waals surface area contributed by atoms with E-state index < -0.39 is 17.4 Å². The monoisotopic (exact) mass is 311 g/mol. The van der Waals surface area contributed by atoms with Gasteiger partial charge in [-0.2, -0.15) is 0 Å². The van der Waals surface area contributed by atoms with Gasteiger partial charge in [0.1, 0.15) is 5.60 Å². The summed E-state index contributed by atoms with van der Waals surface area (Å²) in [4.78, 5) is 38.4. The molecule has 22 heavy (non-hydrogen) atoms. The summed E-state index contributed by atoms with van der Waals surface area (Å²) in [7, 11) is 0. The van der Waals surface area contributed by atoms with Crippen LogP contribution in [0.25, 0.3) is 0 Å². The summed E-state index contributed by atoms with van der Waals surface area (Å²) in [5.74, 6) is -0.633. The molecule has 2 rings (SSSR count). The first-order chi connectivity index (χ1) is 10.3. The van der Waals surface area contributed by atoms with Crippen LogP contribution in [-0.4, -0.2) is 66.0 Å². The quantitative estimate of drug-likeness (QED) is 0.757. The van der Waals surface area contributed by atoms with Crippen LogP contribution in [0.2, 0.25) is 0 Å². The van der Waals surface area contributed by atoms with Crippen molar-refractivity contribution in [1.29, 1.82) is 0 Å². The van der Waals surface area contributed by atoms with Gasteiger partial charge in [-0.05, 0) is 39.5 Å². The van der Waals surface area contributed by atoms with Crippen molar-refractivity contribution in [2.75, 3.05) is 32.7 Å². The van der Waals surface area contributed by atoms with E-state index in [1.54, 1.807) is 9.80 Å². The second kappa shape index (κ2) is 6.54. The standard InChI is InChI=1S/C15H25N3O4/c1-15(2,3)22-14(21)17-7-4-11(5-8-17)10-18-9-6-16-12(19)13(18)20/h11H,4-10H2,1-3H3,(H,16,19). The first-order valence-corrected chi connectivity index (χ1v) is 7.81. The molecule has 2 aliphatic rings. The van der Waals surface area contributed by atoms with Crippen LogP contribution in [0.1, 0.15) is 33.6 Å². The molecule has 7 nitrogen and oxygen atoms in total. The van der Waals surface area contributed by atoms with Crippen LogP contribution in [0.3, 0.4) is 0 Å². The van der Waals surface area contributed by atoms with Crippen LogP contribution in [0.15, 0.2) is 0 Å². The largest absolute Gasteiger partial charge is 0.444 e. The average Bonchev–Trinajstić information content (AvgIpc) is 2.43. The molecular weight excluding hydrogens is 286 g/mol. The van der Waals surface area contributed by atoms with E-state index in [0.29, 0.717) is 38.6 Å². The summed E-state index contributed by atoms with van der Waals surface area (Å²) >= 11 is 0. The number of likely N-dealkylation sites (tertiary alicyclic amines) is 1. The molecule has 1 N–H and O–H groups in total. The van der Waals surface area contributed by atoms with Gasteiger partial charge in [-0.1, -0.05) is 0 Å². The molecule has 0 atom stereocenters. The molecule has 2 fully saturated rings. The van der Waals surface area contributed by atoms with Gasteiger partial charge in [-0.25, -0.2) is 4.79 Å². The molecule has 0 aromatic carbocycles. The van der Waals surface area contributed by atoms with E-state index in [-0.39, 0.29) is 6.09 Å². The zero-order valence-corrected chi connectivity index (χ0v) is 13.6. The number of piperidine rings is 1. The summed E-state index contributed by atoms with van der Waals surface area (Å²) in [5.41, 5.74) is -0.485. The highest BCUT2D eigenvalue weighted by molar-refractivity contribution is 6.35. The molecule has 0 radical (unpaired) electrons. The molecule has 3 amide bonds. The van der Waals surface area contributed by atoms with Gasteiger partial charge in [0, 0.05) is 32.7 Å². The Labute approximate surface area is 131 Å². The Kier molecular flexibility index (Phi) is 4.93. The number of hydrogen-bond acceptors (Lipinski definition) is 4. The summed E-state index contributed by atoms with van der Waals surface area (Å²) in [6.07, 6.45) is 1.37. The topological polar surface area (TPSA) is 79.0 Å². The van der Waals surface area contributed by atoms with E-state index in [2.05, 4.69) is 5.32 Å². The summed E-state index contributed by atoms with van der Waals surface area (Å²) in [5, 5.41) is 2.54. The minimum absolute atomic E-state index is 0.278. The molecule has 0 aromatic heterocycles. The lowest BCUT2D eigenvalue weighted by Crippen LogP contribution is -2.54. The van der Waals surface area contributed by atoms with Crippen molar-refractivity contribution in [2.45, 2.75) is 39.2 Å². The second-order valence-corrected chi connectivity index (χ2v) is 6.92. The fourth-order valence-corrected chi connectivity index (χ4v) is 2.74. The van der Waals surface area contributed by atoms with Crippen molar-refractivity contribution in [3.63, 3.8) is 0 Å². The van der Waals surface area contributed by atoms with Crippen LogP contribution >= 0.6 is 0 Å². The number of hydrogen-bond donors (Lipinski definition) is 1. The molecule has 0 unspecified atom stereocenters. The number of carbonyl (C=O) groups excluding carboxylic acids is 3. The normalized spacial score (nSPS) is 20.9. The maximum Gasteiger partial charge on any atom is 0.410 e. The van der Waals surface area contributed by atoms with Gasteiger partial charge in [0.2, 0.25) is 0 Å². The predicted octanol–water partition coefficient (Wildman–Crippen LogP) is 0.592. The zero-order valence-electron chi connectivity index (χ0n) is 13.6. The van der Waals surface area contributed by atoms with Gasteiger partial charge in [0.05, 0.1) is 0 Å². The number of nitrogens with one attached hydrogen (secondary N) is 1. The Hall–Kier alpha value is -1.79. The van der Waals surface area contributed by atoms with Crippen molar-refractivity contribution < 1.29 is 19.1 Å². The van der Waals surface area contributed by atoms with Crippen molar-refractivity contribution in [1.82, 2.24) is 15.1 Å². The smallest absolute Gasteiger partial charge is 0.410 e. The van der Waals surface area contributed by atoms with Crippen LogP contribution in [-0.2, 0) is 14.3 Å². The Morgan fingerprint density at radius 2 is 1.86 bits per heavy atom. The molecule has 0 saturated carbocycles. The van der Waals surface area contributed by atoms with E-state index in [0.717, 1.165) is 12.8 Å². The maximum absolute atomic E-state index is 12.0. The summed E-state index contributed by atoms with van der Waals surface area (Å²) in [6, 6.07) is 0. The van der Waals surface area contributed by atoms with E-state index in [1.807, 2.05) is 20.8 Å². The molecular formula is C15H25N3O4. The van der Waals surface area contributed by atoms with Gasteiger partial charge in [-0.15, -0.1) is 0 Å². The molecule has 0 aliphatic carbocycles. The van der Waals surface area contributed by atoms with Gasteiger partial charge in [0.15, 0.2) is 0 Å². The molecule has 0 aromatic rings. The SMILES string of the molecule is CC(C)(C)OC(=O)N1CCC(CN2CCNC(=O)C2=O)CC1. The third-order valence-electron chi connectivity index (χ3n) is 3.89. The highest BCUT2D eigenvalue weighted by Crippen LogP contribution is 2.21. The van der Waals surface area contributed by atoms with E-state index >= 15 is 0 Å². The maximum atomic E-state index is 12.0. The van der Waals surface area contributed by atoms with E-state index in [4.69, 9.17) is 4.74 Å². The molecule has 2 aliphatic heterocycles. The molecule has 2 saturated heterocycles. The Balaban J connectivity index is 1.79. The van der Waals surface area contributed by atoms with Gasteiger partial charge >= 0.3 is 17.9 Å². The van der Waals surface area contributed by atoms with E-state index in [9.17, 15) is 14.4 Å². The van der Waals surface area contributed by atoms with Gasteiger partial charge in [-0.3, -0.25) is 9.59 Å². The van der Waals surface area contributed by atoms with Crippen LogP contribution < -0.4 is 5.32 Å². The number of ether oxygens (including phenoxy) is 1. The summed E-state index contributed by atoms with van der Waals surface area (Å²) in [6.45, 7) is 8.49. The van der Waals surface area contributed by atoms with Crippen molar-refractivity contribution in [3.05, 3.63) is 0 Å². The Morgan fingerprint density at radius 3 is 2.45 bits per heavy atom. The fraction of sp³-hybridized carbons (Fsp3) is 0.800. The van der Waals surface area contributed by atoms with Crippen molar-refractivity contribution in [3.8, 4) is 0 Å². The number of rotatable bonds is 2. The van der Waals surface area contributed by atoms with Crippen LogP contribution in [0, 0.1) is 5.92 Å². The highest BCUT2D eigenvalue weighted by Gasteiger charge is 2.31. The number of amides is 3. The third-order valence-corrected chi connectivity index (χ3v) is 3.89. The third kappa shape index (κ3) is 4.35. The highest BCUT2D eigenvalue weighted by atomic mass is 16.6. The average molecular weight is 311 g/mol. The molecule has 0 bridgehead atoms.